The molecule has 0 aliphatic carbocycles. The third-order valence-electron chi connectivity index (χ3n) is 4.09. The second kappa shape index (κ2) is 7.06. The Morgan fingerprint density at radius 1 is 1.42 bits per heavy atom. The summed E-state index contributed by atoms with van der Waals surface area (Å²) in [6.45, 7) is 6.96. The highest BCUT2D eigenvalue weighted by Gasteiger charge is 2.18. The van der Waals surface area contributed by atoms with Crippen LogP contribution >= 0.6 is 0 Å². The number of aryl methyl sites for hydroxylation is 2. The average molecular weight is 260 g/mol. The molecule has 2 atom stereocenters. The van der Waals surface area contributed by atoms with Crippen LogP contribution in [0.15, 0.2) is 24.3 Å². The van der Waals surface area contributed by atoms with E-state index in [1.807, 2.05) is 0 Å². The topological polar surface area (TPSA) is 15.3 Å². The molecule has 2 heteroatoms. The number of nitrogens with zero attached hydrogens (tertiary/aromatic N) is 1. The van der Waals surface area contributed by atoms with E-state index in [1.54, 1.807) is 0 Å². The Morgan fingerprint density at radius 3 is 3.00 bits per heavy atom. The first-order valence-corrected chi connectivity index (χ1v) is 7.63. The Morgan fingerprint density at radius 2 is 2.26 bits per heavy atom. The van der Waals surface area contributed by atoms with Gasteiger partial charge in [-0.3, -0.25) is 0 Å². The van der Waals surface area contributed by atoms with E-state index in [-0.39, 0.29) is 0 Å². The zero-order valence-electron chi connectivity index (χ0n) is 12.7. The first-order chi connectivity index (χ1) is 9.13. The predicted molar refractivity (Wildman–Crippen MR) is 82.6 cm³/mol. The van der Waals surface area contributed by atoms with E-state index < -0.39 is 0 Å². The van der Waals surface area contributed by atoms with Gasteiger partial charge in [0.2, 0.25) is 0 Å². The van der Waals surface area contributed by atoms with Gasteiger partial charge in [0.25, 0.3) is 0 Å². The molecule has 106 valence electrons. The molecule has 1 aliphatic rings. The first kappa shape index (κ1) is 14.5. The summed E-state index contributed by atoms with van der Waals surface area (Å²) >= 11 is 0. The summed E-state index contributed by atoms with van der Waals surface area (Å²) in [5.41, 5.74) is 2.83. The maximum atomic E-state index is 3.79. The number of rotatable bonds is 5. The maximum absolute atomic E-state index is 3.79. The van der Waals surface area contributed by atoms with Gasteiger partial charge < -0.3 is 10.2 Å². The highest BCUT2D eigenvalue weighted by Crippen LogP contribution is 2.11. The fourth-order valence-corrected chi connectivity index (χ4v) is 3.04. The standard InChI is InChI=1S/C17H28N2/c1-14-6-4-7-16(12-14)10-9-15(2)18-17-8-5-11-19(3)13-17/h4,6-7,12,15,17-18H,5,8-11,13H2,1-3H3. The minimum absolute atomic E-state index is 0.608. The van der Waals surface area contributed by atoms with Gasteiger partial charge in [-0.1, -0.05) is 29.8 Å². The summed E-state index contributed by atoms with van der Waals surface area (Å²) in [6.07, 6.45) is 5.07. The number of nitrogens with one attached hydrogen (secondary N) is 1. The van der Waals surface area contributed by atoms with Gasteiger partial charge in [-0.15, -0.1) is 0 Å². The SMILES string of the molecule is Cc1cccc(CCC(C)NC2CCCN(C)C2)c1. The van der Waals surface area contributed by atoms with Crippen molar-refractivity contribution in [3.63, 3.8) is 0 Å². The fraction of sp³-hybridized carbons (Fsp3) is 0.647. The molecule has 1 heterocycles. The third kappa shape index (κ3) is 4.96. The van der Waals surface area contributed by atoms with Crippen LogP contribution in [0.3, 0.4) is 0 Å². The Kier molecular flexibility index (Phi) is 5.41. The second-order valence-corrected chi connectivity index (χ2v) is 6.20. The smallest absolute Gasteiger partial charge is 0.0197 e. The molecule has 19 heavy (non-hydrogen) atoms. The van der Waals surface area contributed by atoms with Gasteiger partial charge in [0, 0.05) is 18.6 Å². The average Bonchev–Trinajstić information content (AvgIpc) is 2.36. The van der Waals surface area contributed by atoms with Crippen LogP contribution in [-0.4, -0.2) is 37.1 Å². The van der Waals surface area contributed by atoms with Gasteiger partial charge in [-0.25, -0.2) is 0 Å². The van der Waals surface area contributed by atoms with Crippen molar-refractivity contribution < 1.29 is 0 Å². The minimum Gasteiger partial charge on any atom is -0.310 e. The highest BCUT2D eigenvalue weighted by atomic mass is 15.1. The summed E-state index contributed by atoms with van der Waals surface area (Å²) in [5.74, 6) is 0. The second-order valence-electron chi connectivity index (χ2n) is 6.20. The molecule has 1 fully saturated rings. The molecule has 2 nitrogen and oxygen atoms in total. The minimum atomic E-state index is 0.608. The summed E-state index contributed by atoms with van der Waals surface area (Å²) in [5, 5.41) is 3.79. The molecule has 1 N–H and O–H groups in total. The van der Waals surface area contributed by atoms with Gasteiger partial charge in [0.05, 0.1) is 0 Å². The molecule has 0 aromatic heterocycles. The van der Waals surface area contributed by atoms with E-state index in [0.717, 1.165) is 0 Å². The van der Waals surface area contributed by atoms with E-state index in [0.29, 0.717) is 12.1 Å². The zero-order chi connectivity index (χ0) is 13.7. The zero-order valence-corrected chi connectivity index (χ0v) is 12.7. The van der Waals surface area contributed by atoms with Crippen LogP contribution in [0.5, 0.6) is 0 Å². The first-order valence-electron chi connectivity index (χ1n) is 7.63. The lowest BCUT2D eigenvalue weighted by molar-refractivity contribution is 0.216. The lowest BCUT2D eigenvalue weighted by Crippen LogP contribution is -2.47. The van der Waals surface area contributed by atoms with Crippen molar-refractivity contribution in [2.45, 2.75) is 51.6 Å². The van der Waals surface area contributed by atoms with E-state index in [2.05, 4.69) is 55.4 Å². The Balaban J connectivity index is 1.73. The van der Waals surface area contributed by atoms with Gasteiger partial charge in [-0.05, 0) is 58.7 Å². The molecule has 0 radical (unpaired) electrons. The Labute approximate surface area is 118 Å². The van der Waals surface area contributed by atoms with Crippen LogP contribution in [0.25, 0.3) is 0 Å². The van der Waals surface area contributed by atoms with Crippen LogP contribution < -0.4 is 5.32 Å². The van der Waals surface area contributed by atoms with Crippen molar-refractivity contribution in [1.29, 1.82) is 0 Å². The summed E-state index contributed by atoms with van der Waals surface area (Å²) in [4.78, 5) is 2.44. The molecular formula is C17H28N2. The van der Waals surface area contributed by atoms with Crippen molar-refractivity contribution in [2.24, 2.45) is 0 Å². The highest BCUT2D eigenvalue weighted by molar-refractivity contribution is 5.22. The Bertz CT molecular complexity index is 389. The molecule has 0 bridgehead atoms. The van der Waals surface area contributed by atoms with Crippen LogP contribution in [0.4, 0.5) is 0 Å². The van der Waals surface area contributed by atoms with E-state index in [4.69, 9.17) is 0 Å². The van der Waals surface area contributed by atoms with Crippen LogP contribution in [-0.2, 0) is 6.42 Å². The van der Waals surface area contributed by atoms with Crippen molar-refractivity contribution in [2.75, 3.05) is 20.1 Å². The summed E-state index contributed by atoms with van der Waals surface area (Å²) in [6, 6.07) is 10.2. The van der Waals surface area contributed by atoms with Gasteiger partial charge in [-0.2, -0.15) is 0 Å². The quantitative estimate of drug-likeness (QED) is 0.875. The maximum Gasteiger partial charge on any atom is 0.0197 e. The molecule has 2 rings (SSSR count). The molecule has 0 saturated carbocycles. The number of likely N-dealkylation sites (N-methyl/N-ethyl adjacent to an activating group) is 1. The molecule has 0 amide bonds. The van der Waals surface area contributed by atoms with Crippen molar-refractivity contribution in [3.8, 4) is 0 Å². The molecule has 0 spiro atoms. The van der Waals surface area contributed by atoms with E-state index >= 15 is 0 Å². The number of benzene rings is 1. The molecule has 1 aromatic rings. The Hall–Kier alpha value is -0.860. The lowest BCUT2D eigenvalue weighted by atomic mass is 10.0. The van der Waals surface area contributed by atoms with Crippen LogP contribution in [0, 0.1) is 6.92 Å². The summed E-state index contributed by atoms with van der Waals surface area (Å²) < 4.78 is 0. The van der Waals surface area contributed by atoms with Gasteiger partial charge in [0.15, 0.2) is 0 Å². The van der Waals surface area contributed by atoms with Gasteiger partial charge in [0.1, 0.15) is 0 Å². The van der Waals surface area contributed by atoms with Crippen molar-refractivity contribution in [3.05, 3.63) is 35.4 Å². The molecular weight excluding hydrogens is 232 g/mol. The summed E-state index contributed by atoms with van der Waals surface area (Å²) in [7, 11) is 2.23. The molecule has 2 unspecified atom stereocenters. The number of piperidine rings is 1. The van der Waals surface area contributed by atoms with Crippen LogP contribution in [0.2, 0.25) is 0 Å². The van der Waals surface area contributed by atoms with Crippen molar-refractivity contribution in [1.82, 2.24) is 10.2 Å². The van der Waals surface area contributed by atoms with Gasteiger partial charge >= 0.3 is 0 Å². The number of hydrogen-bond donors (Lipinski definition) is 1. The van der Waals surface area contributed by atoms with E-state index in [1.165, 1.54) is 49.9 Å². The third-order valence-corrected chi connectivity index (χ3v) is 4.09. The number of hydrogen-bond acceptors (Lipinski definition) is 2. The van der Waals surface area contributed by atoms with Crippen molar-refractivity contribution >= 4 is 0 Å². The normalized spacial score (nSPS) is 22.4. The molecule has 1 aliphatic heterocycles. The van der Waals surface area contributed by atoms with Crippen LogP contribution in [0.1, 0.15) is 37.3 Å². The largest absolute Gasteiger partial charge is 0.310 e. The fourth-order valence-electron chi connectivity index (χ4n) is 3.04. The molecule has 1 saturated heterocycles. The lowest BCUT2D eigenvalue weighted by Gasteiger charge is -2.32. The predicted octanol–water partition coefficient (Wildman–Crippen LogP) is 3.00. The number of likely N-dealkylation sites (tertiary alicyclic amines) is 1. The van der Waals surface area contributed by atoms with E-state index in [9.17, 15) is 0 Å². The molecule has 1 aromatic carbocycles. The monoisotopic (exact) mass is 260 g/mol.